The number of hydrogen-bond acceptors (Lipinski definition) is 3. The van der Waals surface area contributed by atoms with Gasteiger partial charge in [0.1, 0.15) is 5.82 Å². The van der Waals surface area contributed by atoms with E-state index in [2.05, 4.69) is 4.90 Å². The summed E-state index contributed by atoms with van der Waals surface area (Å²) in [5.74, 6) is -0.217. The van der Waals surface area contributed by atoms with Crippen LogP contribution in [0.2, 0.25) is 0 Å². The third kappa shape index (κ3) is 3.49. The SMILES string of the molecule is NC(CN1CCCOCC1)c1ccccc1F. The molecule has 1 aliphatic rings. The number of nitrogens with zero attached hydrogens (tertiary/aromatic N) is 1. The van der Waals surface area contributed by atoms with E-state index in [0.717, 1.165) is 32.7 Å². The Kier molecular flexibility index (Phi) is 4.48. The Labute approximate surface area is 101 Å². The maximum absolute atomic E-state index is 13.6. The second-order valence-corrected chi connectivity index (χ2v) is 4.39. The van der Waals surface area contributed by atoms with Crippen LogP contribution in [0.4, 0.5) is 4.39 Å². The van der Waals surface area contributed by atoms with Gasteiger partial charge in [-0.1, -0.05) is 18.2 Å². The molecular formula is C13H19FN2O. The van der Waals surface area contributed by atoms with Crippen LogP contribution < -0.4 is 5.73 Å². The summed E-state index contributed by atoms with van der Waals surface area (Å²) >= 11 is 0. The van der Waals surface area contributed by atoms with Crippen LogP contribution in [0.15, 0.2) is 24.3 Å². The van der Waals surface area contributed by atoms with Gasteiger partial charge in [-0.25, -0.2) is 4.39 Å². The van der Waals surface area contributed by atoms with Crippen molar-refractivity contribution in [2.24, 2.45) is 5.73 Å². The van der Waals surface area contributed by atoms with Gasteiger partial charge in [-0.2, -0.15) is 0 Å². The van der Waals surface area contributed by atoms with Crippen molar-refractivity contribution in [3.8, 4) is 0 Å². The molecule has 1 atom stereocenters. The summed E-state index contributed by atoms with van der Waals surface area (Å²) < 4.78 is 18.9. The molecule has 1 saturated heterocycles. The molecule has 1 fully saturated rings. The third-order valence-electron chi connectivity index (χ3n) is 3.07. The van der Waals surface area contributed by atoms with Crippen molar-refractivity contribution in [2.75, 3.05) is 32.8 Å². The molecule has 0 spiro atoms. The van der Waals surface area contributed by atoms with Gasteiger partial charge in [0.05, 0.1) is 6.61 Å². The zero-order valence-corrected chi connectivity index (χ0v) is 9.94. The van der Waals surface area contributed by atoms with Gasteiger partial charge in [0.2, 0.25) is 0 Å². The fourth-order valence-electron chi connectivity index (χ4n) is 2.13. The zero-order chi connectivity index (χ0) is 12.1. The quantitative estimate of drug-likeness (QED) is 0.868. The van der Waals surface area contributed by atoms with Crippen LogP contribution >= 0.6 is 0 Å². The molecule has 1 aromatic rings. The van der Waals surface area contributed by atoms with Crippen LogP contribution in [0.1, 0.15) is 18.0 Å². The summed E-state index contributed by atoms with van der Waals surface area (Å²) in [6.07, 6.45) is 1.02. The molecule has 4 heteroatoms. The normalized spacial score (nSPS) is 19.9. The molecule has 0 bridgehead atoms. The molecule has 0 amide bonds. The van der Waals surface area contributed by atoms with E-state index in [0.29, 0.717) is 12.1 Å². The van der Waals surface area contributed by atoms with E-state index in [4.69, 9.17) is 10.5 Å². The van der Waals surface area contributed by atoms with Gasteiger partial charge in [-0.05, 0) is 12.5 Å². The third-order valence-corrected chi connectivity index (χ3v) is 3.07. The van der Waals surface area contributed by atoms with E-state index in [1.165, 1.54) is 6.07 Å². The minimum absolute atomic E-state index is 0.217. The fraction of sp³-hybridized carbons (Fsp3) is 0.538. The highest BCUT2D eigenvalue weighted by Crippen LogP contribution is 2.16. The second-order valence-electron chi connectivity index (χ2n) is 4.39. The summed E-state index contributed by atoms with van der Waals surface area (Å²) in [7, 11) is 0. The van der Waals surface area contributed by atoms with Gasteiger partial charge < -0.3 is 10.5 Å². The van der Waals surface area contributed by atoms with Crippen molar-refractivity contribution in [3.63, 3.8) is 0 Å². The lowest BCUT2D eigenvalue weighted by Gasteiger charge is -2.23. The van der Waals surface area contributed by atoms with Gasteiger partial charge in [0.25, 0.3) is 0 Å². The van der Waals surface area contributed by atoms with Gasteiger partial charge in [-0.3, -0.25) is 4.90 Å². The first kappa shape index (κ1) is 12.5. The molecule has 3 nitrogen and oxygen atoms in total. The molecule has 0 radical (unpaired) electrons. The highest BCUT2D eigenvalue weighted by molar-refractivity contribution is 5.21. The lowest BCUT2D eigenvalue weighted by atomic mass is 10.1. The standard InChI is InChI=1S/C13H19FN2O/c14-12-5-2-1-4-11(12)13(15)10-16-6-3-8-17-9-7-16/h1-2,4-5,13H,3,6-10,15H2. The lowest BCUT2D eigenvalue weighted by molar-refractivity contribution is 0.140. The van der Waals surface area contributed by atoms with E-state index in [9.17, 15) is 4.39 Å². The van der Waals surface area contributed by atoms with Crippen LogP contribution in [0.3, 0.4) is 0 Å². The van der Waals surface area contributed by atoms with Gasteiger partial charge in [0, 0.05) is 37.8 Å². The number of benzene rings is 1. The highest BCUT2D eigenvalue weighted by Gasteiger charge is 2.16. The maximum atomic E-state index is 13.6. The predicted molar refractivity (Wildman–Crippen MR) is 65.2 cm³/mol. The molecule has 2 rings (SSSR count). The van der Waals surface area contributed by atoms with Gasteiger partial charge in [-0.15, -0.1) is 0 Å². The molecule has 94 valence electrons. The van der Waals surface area contributed by atoms with E-state index in [-0.39, 0.29) is 11.9 Å². The minimum atomic E-state index is -0.269. The molecule has 0 aliphatic carbocycles. The Morgan fingerprint density at radius 1 is 1.29 bits per heavy atom. The number of halogens is 1. The predicted octanol–water partition coefficient (Wildman–Crippen LogP) is 1.55. The van der Waals surface area contributed by atoms with E-state index in [1.54, 1.807) is 12.1 Å². The first-order chi connectivity index (χ1) is 8.27. The summed E-state index contributed by atoms with van der Waals surface area (Å²) in [4.78, 5) is 2.24. The monoisotopic (exact) mass is 238 g/mol. The average Bonchev–Trinajstić information content (AvgIpc) is 2.58. The Morgan fingerprint density at radius 2 is 2.12 bits per heavy atom. The van der Waals surface area contributed by atoms with Crippen molar-refractivity contribution < 1.29 is 9.13 Å². The number of hydrogen-bond donors (Lipinski definition) is 1. The van der Waals surface area contributed by atoms with Gasteiger partial charge in [0.15, 0.2) is 0 Å². The van der Waals surface area contributed by atoms with Crippen LogP contribution in [0.5, 0.6) is 0 Å². The Hall–Kier alpha value is -0.970. The largest absolute Gasteiger partial charge is 0.380 e. The van der Waals surface area contributed by atoms with Crippen molar-refractivity contribution in [3.05, 3.63) is 35.6 Å². The molecule has 17 heavy (non-hydrogen) atoms. The summed E-state index contributed by atoms with van der Waals surface area (Å²) in [5.41, 5.74) is 6.65. The number of nitrogens with two attached hydrogens (primary N) is 1. The Balaban J connectivity index is 1.96. The summed E-state index contributed by atoms with van der Waals surface area (Å²) in [6.45, 7) is 4.09. The summed E-state index contributed by atoms with van der Waals surface area (Å²) in [6, 6.07) is 6.46. The molecule has 0 saturated carbocycles. The highest BCUT2D eigenvalue weighted by atomic mass is 19.1. The maximum Gasteiger partial charge on any atom is 0.128 e. The summed E-state index contributed by atoms with van der Waals surface area (Å²) in [5, 5.41) is 0. The molecule has 1 aromatic carbocycles. The Bertz CT molecular complexity index is 351. The lowest BCUT2D eigenvalue weighted by Crippen LogP contribution is -2.34. The van der Waals surface area contributed by atoms with Crippen molar-refractivity contribution in [1.82, 2.24) is 4.90 Å². The van der Waals surface area contributed by atoms with E-state index >= 15 is 0 Å². The molecule has 2 N–H and O–H groups in total. The topological polar surface area (TPSA) is 38.5 Å². The molecule has 1 heterocycles. The fourth-order valence-corrected chi connectivity index (χ4v) is 2.13. The zero-order valence-electron chi connectivity index (χ0n) is 9.94. The Morgan fingerprint density at radius 3 is 2.94 bits per heavy atom. The first-order valence-corrected chi connectivity index (χ1v) is 6.07. The van der Waals surface area contributed by atoms with Gasteiger partial charge >= 0.3 is 0 Å². The first-order valence-electron chi connectivity index (χ1n) is 6.07. The van der Waals surface area contributed by atoms with Crippen LogP contribution in [0.25, 0.3) is 0 Å². The van der Waals surface area contributed by atoms with E-state index < -0.39 is 0 Å². The van der Waals surface area contributed by atoms with Crippen LogP contribution in [0, 0.1) is 5.82 Å². The minimum Gasteiger partial charge on any atom is -0.380 e. The van der Waals surface area contributed by atoms with Crippen molar-refractivity contribution in [2.45, 2.75) is 12.5 Å². The number of ether oxygens (including phenoxy) is 1. The second kappa shape index (κ2) is 6.10. The molecule has 1 aliphatic heterocycles. The van der Waals surface area contributed by atoms with E-state index in [1.807, 2.05) is 6.07 Å². The van der Waals surface area contributed by atoms with Crippen LogP contribution in [-0.4, -0.2) is 37.7 Å². The smallest absolute Gasteiger partial charge is 0.128 e. The van der Waals surface area contributed by atoms with Crippen molar-refractivity contribution >= 4 is 0 Å². The number of rotatable bonds is 3. The molecular weight excluding hydrogens is 219 g/mol. The van der Waals surface area contributed by atoms with Crippen molar-refractivity contribution in [1.29, 1.82) is 0 Å². The average molecular weight is 238 g/mol. The molecule has 0 aromatic heterocycles. The molecule has 1 unspecified atom stereocenters. The van der Waals surface area contributed by atoms with Crippen LogP contribution in [-0.2, 0) is 4.74 Å².